The third-order valence-electron chi connectivity index (χ3n) is 3.09. The van der Waals surface area contributed by atoms with E-state index in [0.29, 0.717) is 6.42 Å². The molecular weight excluding hydrogens is 224 g/mol. The first kappa shape index (κ1) is 12.7. The van der Waals surface area contributed by atoms with Crippen LogP contribution in [-0.4, -0.2) is 12.2 Å². The van der Waals surface area contributed by atoms with Crippen LogP contribution >= 0.6 is 0 Å². The molecular formula is C16H18O2. The van der Waals surface area contributed by atoms with Crippen molar-refractivity contribution in [2.24, 2.45) is 0 Å². The highest BCUT2D eigenvalue weighted by atomic mass is 16.5. The molecule has 0 aliphatic carbocycles. The van der Waals surface area contributed by atoms with Gasteiger partial charge in [-0.25, -0.2) is 0 Å². The number of methoxy groups -OCH3 is 1. The second-order valence-corrected chi connectivity index (χ2v) is 4.43. The fourth-order valence-electron chi connectivity index (χ4n) is 2.00. The number of aliphatic hydroxyl groups is 1. The molecule has 0 saturated carbocycles. The molecule has 0 radical (unpaired) electrons. The largest absolute Gasteiger partial charge is 0.496 e. The van der Waals surface area contributed by atoms with Gasteiger partial charge in [-0.3, -0.25) is 0 Å². The summed E-state index contributed by atoms with van der Waals surface area (Å²) in [6.45, 7) is 1.99. The molecule has 0 bridgehead atoms. The Morgan fingerprint density at radius 2 is 1.83 bits per heavy atom. The van der Waals surface area contributed by atoms with Crippen LogP contribution in [0.4, 0.5) is 0 Å². The van der Waals surface area contributed by atoms with Crippen LogP contribution in [0.5, 0.6) is 5.75 Å². The molecule has 2 nitrogen and oxygen atoms in total. The average molecular weight is 242 g/mol. The van der Waals surface area contributed by atoms with Gasteiger partial charge in [0, 0.05) is 6.42 Å². The van der Waals surface area contributed by atoms with E-state index in [1.165, 1.54) is 0 Å². The third-order valence-corrected chi connectivity index (χ3v) is 3.09. The Bertz CT molecular complexity index is 506. The molecule has 0 aromatic heterocycles. The smallest absolute Gasteiger partial charge is 0.122 e. The second kappa shape index (κ2) is 5.69. The Balaban J connectivity index is 2.16. The zero-order valence-corrected chi connectivity index (χ0v) is 10.8. The monoisotopic (exact) mass is 242 g/mol. The van der Waals surface area contributed by atoms with Gasteiger partial charge >= 0.3 is 0 Å². The van der Waals surface area contributed by atoms with E-state index < -0.39 is 6.10 Å². The number of hydrogen-bond donors (Lipinski definition) is 1. The van der Waals surface area contributed by atoms with Crippen molar-refractivity contribution in [2.75, 3.05) is 7.11 Å². The van der Waals surface area contributed by atoms with E-state index in [2.05, 4.69) is 0 Å². The molecule has 2 heteroatoms. The summed E-state index contributed by atoms with van der Waals surface area (Å²) in [4.78, 5) is 0. The van der Waals surface area contributed by atoms with Gasteiger partial charge in [-0.05, 0) is 29.7 Å². The quantitative estimate of drug-likeness (QED) is 0.891. The van der Waals surface area contributed by atoms with Crippen LogP contribution in [0.1, 0.15) is 22.8 Å². The topological polar surface area (TPSA) is 29.5 Å². The van der Waals surface area contributed by atoms with E-state index in [1.807, 2.05) is 55.5 Å². The molecule has 1 atom stereocenters. The molecule has 0 spiro atoms. The van der Waals surface area contributed by atoms with Crippen LogP contribution in [0.25, 0.3) is 0 Å². The first-order chi connectivity index (χ1) is 8.70. The van der Waals surface area contributed by atoms with E-state index in [9.17, 15) is 5.11 Å². The predicted octanol–water partition coefficient (Wildman–Crippen LogP) is 3.28. The molecule has 2 aromatic carbocycles. The summed E-state index contributed by atoms with van der Waals surface area (Å²) in [5, 5.41) is 10.2. The summed E-state index contributed by atoms with van der Waals surface area (Å²) in [6, 6.07) is 15.8. The lowest BCUT2D eigenvalue weighted by Crippen LogP contribution is -2.02. The summed E-state index contributed by atoms with van der Waals surface area (Å²) >= 11 is 0. The van der Waals surface area contributed by atoms with E-state index >= 15 is 0 Å². The zero-order chi connectivity index (χ0) is 13.0. The zero-order valence-electron chi connectivity index (χ0n) is 10.8. The number of benzene rings is 2. The van der Waals surface area contributed by atoms with Gasteiger partial charge in [0.25, 0.3) is 0 Å². The Kier molecular flexibility index (Phi) is 4.00. The van der Waals surface area contributed by atoms with Crippen molar-refractivity contribution in [1.29, 1.82) is 0 Å². The Labute approximate surface area is 108 Å². The summed E-state index contributed by atoms with van der Waals surface area (Å²) in [6.07, 6.45) is 0.120. The highest BCUT2D eigenvalue weighted by Crippen LogP contribution is 2.25. The SMILES string of the molecule is COc1cc(C(O)Cc2ccccc2)ccc1C. The molecule has 18 heavy (non-hydrogen) atoms. The fraction of sp³-hybridized carbons (Fsp3) is 0.250. The molecule has 0 heterocycles. The van der Waals surface area contributed by atoms with Crippen molar-refractivity contribution in [3.63, 3.8) is 0 Å². The summed E-state index contributed by atoms with van der Waals surface area (Å²) < 4.78 is 5.27. The first-order valence-electron chi connectivity index (χ1n) is 6.07. The van der Waals surface area contributed by atoms with Crippen LogP contribution in [0.3, 0.4) is 0 Å². The van der Waals surface area contributed by atoms with Gasteiger partial charge < -0.3 is 9.84 Å². The molecule has 1 unspecified atom stereocenters. The van der Waals surface area contributed by atoms with Gasteiger partial charge in [0.1, 0.15) is 5.75 Å². The molecule has 94 valence electrons. The van der Waals surface area contributed by atoms with Gasteiger partial charge in [0.2, 0.25) is 0 Å². The highest BCUT2D eigenvalue weighted by molar-refractivity contribution is 5.37. The molecule has 0 fully saturated rings. The van der Waals surface area contributed by atoms with E-state index in [4.69, 9.17) is 4.74 Å². The minimum Gasteiger partial charge on any atom is -0.496 e. The standard InChI is InChI=1S/C16H18O2/c1-12-8-9-14(11-16(12)18-2)15(17)10-13-6-4-3-5-7-13/h3-9,11,15,17H,10H2,1-2H3. The number of rotatable bonds is 4. The number of aryl methyl sites for hydroxylation is 1. The first-order valence-corrected chi connectivity index (χ1v) is 6.07. The van der Waals surface area contributed by atoms with Gasteiger partial charge in [0.15, 0.2) is 0 Å². The van der Waals surface area contributed by atoms with Crippen molar-refractivity contribution in [1.82, 2.24) is 0 Å². The van der Waals surface area contributed by atoms with Crippen molar-refractivity contribution < 1.29 is 9.84 Å². The molecule has 0 aliphatic rings. The van der Waals surface area contributed by atoms with Crippen molar-refractivity contribution in [3.8, 4) is 5.75 Å². The predicted molar refractivity (Wildman–Crippen MR) is 72.8 cm³/mol. The number of aliphatic hydroxyl groups excluding tert-OH is 1. The van der Waals surface area contributed by atoms with Crippen LogP contribution < -0.4 is 4.74 Å². The lowest BCUT2D eigenvalue weighted by atomic mass is 10.00. The molecule has 0 amide bonds. The van der Waals surface area contributed by atoms with Gasteiger partial charge in [-0.2, -0.15) is 0 Å². The Morgan fingerprint density at radius 3 is 2.50 bits per heavy atom. The van der Waals surface area contributed by atoms with E-state index in [1.54, 1.807) is 7.11 Å². The average Bonchev–Trinajstić information content (AvgIpc) is 2.40. The lowest BCUT2D eigenvalue weighted by Gasteiger charge is -2.13. The summed E-state index contributed by atoms with van der Waals surface area (Å²) in [5.74, 6) is 0.819. The van der Waals surface area contributed by atoms with Gasteiger partial charge in [-0.15, -0.1) is 0 Å². The van der Waals surface area contributed by atoms with Crippen molar-refractivity contribution >= 4 is 0 Å². The second-order valence-electron chi connectivity index (χ2n) is 4.43. The van der Waals surface area contributed by atoms with Gasteiger partial charge in [-0.1, -0.05) is 42.5 Å². The van der Waals surface area contributed by atoms with Crippen LogP contribution in [0.15, 0.2) is 48.5 Å². The molecule has 2 rings (SSSR count). The maximum Gasteiger partial charge on any atom is 0.122 e. The third kappa shape index (κ3) is 2.90. The minimum atomic E-state index is -0.498. The molecule has 0 saturated heterocycles. The molecule has 0 aliphatic heterocycles. The number of ether oxygens (including phenoxy) is 1. The van der Waals surface area contributed by atoms with Crippen molar-refractivity contribution in [3.05, 3.63) is 65.2 Å². The maximum atomic E-state index is 10.2. The normalized spacial score (nSPS) is 12.2. The summed E-state index contributed by atoms with van der Waals surface area (Å²) in [7, 11) is 1.65. The lowest BCUT2D eigenvalue weighted by molar-refractivity contribution is 0.178. The van der Waals surface area contributed by atoms with Crippen LogP contribution in [0, 0.1) is 6.92 Å². The summed E-state index contributed by atoms with van der Waals surface area (Å²) in [5.41, 5.74) is 3.10. The fourth-order valence-corrected chi connectivity index (χ4v) is 2.00. The molecule has 2 aromatic rings. The Morgan fingerprint density at radius 1 is 1.11 bits per heavy atom. The maximum absolute atomic E-state index is 10.2. The van der Waals surface area contributed by atoms with Crippen LogP contribution in [0.2, 0.25) is 0 Å². The molecule has 1 N–H and O–H groups in total. The van der Waals surface area contributed by atoms with Gasteiger partial charge in [0.05, 0.1) is 13.2 Å². The Hall–Kier alpha value is -1.80. The van der Waals surface area contributed by atoms with Crippen molar-refractivity contribution in [2.45, 2.75) is 19.4 Å². The minimum absolute atomic E-state index is 0.498. The highest BCUT2D eigenvalue weighted by Gasteiger charge is 2.10. The van der Waals surface area contributed by atoms with E-state index in [0.717, 1.165) is 22.4 Å². The van der Waals surface area contributed by atoms with Crippen LogP contribution in [-0.2, 0) is 6.42 Å². The number of hydrogen-bond acceptors (Lipinski definition) is 2. The van der Waals surface area contributed by atoms with E-state index in [-0.39, 0.29) is 0 Å².